The molecule has 5 heteroatoms. The number of rotatable bonds is 8. The maximum Gasteiger partial charge on any atom is 0.230 e. The minimum atomic E-state index is 0.00624. The summed E-state index contributed by atoms with van der Waals surface area (Å²) < 4.78 is 10.7. The highest BCUT2D eigenvalue weighted by atomic mass is 32.2. The third-order valence-electron chi connectivity index (χ3n) is 2.79. The monoisotopic (exact) mass is 305 g/mol. The van der Waals surface area contributed by atoms with E-state index in [1.807, 2.05) is 37.3 Å². The number of hydrogen-bond acceptors (Lipinski definition) is 4. The van der Waals surface area contributed by atoms with Gasteiger partial charge in [-0.05, 0) is 31.2 Å². The smallest absolute Gasteiger partial charge is 0.230 e. The Bertz CT molecular complexity index is 537. The molecule has 0 bridgehead atoms. The molecule has 1 aromatic carbocycles. The maximum atomic E-state index is 11.6. The van der Waals surface area contributed by atoms with Gasteiger partial charge in [0.2, 0.25) is 5.91 Å². The summed E-state index contributed by atoms with van der Waals surface area (Å²) in [5, 5.41) is 2.81. The molecule has 2 aromatic rings. The number of ether oxygens (including phenoxy) is 1. The summed E-state index contributed by atoms with van der Waals surface area (Å²) in [6.45, 7) is 3.08. The topological polar surface area (TPSA) is 51.5 Å². The maximum absolute atomic E-state index is 11.6. The minimum Gasteiger partial charge on any atom is -0.493 e. The van der Waals surface area contributed by atoms with Crippen LogP contribution in [-0.2, 0) is 11.3 Å². The third-order valence-corrected chi connectivity index (χ3v) is 3.71. The molecule has 4 nitrogen and oxygen atoms in total. The van der Waals surface area contributed by atoms with Crippen molar-refractivity contribution in [1.82, 2.24) is 5.32 Å². The molecule has 1 N–H and O–H groups in total. The van der Waals surface area contributed by atoms with E-state index in [0.29, 0.717) is 18.9 Å². The average Bonchev–Trinajstić information content (AvgIpc) is 3.00. The molecule has 1 amide bonds. The fourth-order valence-corrected chi connectivity index (χ4v) is 2.30. The van der Waals surface area contributed by atoms with E-state index in [1.54, 1.807) is 24.1 Å². The van der Waals surface area contributed by atoms with Crippen LogP contribution in [0.1, 0.15) is 11.3 Å². The number of hydrogen-bond donors (Lipinski definition) is 1. The Morgan fingerprint density at radius 2 is 2.10 bits per heavy atom. The first-order valence-corrected chi connectivity index (χ1v) is 7.96. The molecule has 2 rings (SSSR count). The first kappa shape index (κ1) is 15.5. The van der Waals surface area contributed by atoms with Gasteiger partial charge in [0.05, 0.1) is 25.2 Å². The Morgan fingerprint density at radius 3 is 2.81 bits per heavy atom. The van der Waals surface area contributed by atoms with Crippen molar-refractivity contribution >= 4 is 17.7 Å². The predicted molar refractivity (Wildman–Crippen MR) is 84.6 cm³/mol. The normalized spacial score (nSPS) is 10.3. The van der Waals surface area contributed by atoms with E-state index >= 15 is 0 Å². The molecule has 0 radical (unpaired) electrons. The summed E-state index contributed by atoms with van der Waals surface area (Å²) in [5.74, 6) is 2.84. The zero-order valence-electron chi connectivity index (χ0n) is 12.0. The molecule has 21 heavy (non-hydrogen) atoms. The fraction of sp³-hybridized carbons (Fsp3) is 0.312. The second-order valence-corrected chi connectivity index (χ2v) is 5.68. The zero-order valence-corrected chi connectivity index (χ0v) is 12.8. The first-order chi connectivity index (χ1) is 10.2. The van der Waals surface area contributed by atoms with Crippen LogP contribution in [0.5, 0.6) is 5.75 Å². The number of carbonyl (C=O) groups excluding carboxylic acids is 1. The highest BCUT2D eigenvalue weighted by Gasteiger charge is 2.03. The number of nitrogens with one attached hydrogen (secondary N) is 1. The van der Waals surface area contributed by atoms with Gasteiger partial charge in [-0.1, -0.05) is 17.7 Å². The Balaban J connectivity index is 1.53. The fourth-order valence-electron chi connectivity index (χ4n) is 1.67. The van der Waals surface area contributed by atoms with Gasteiger partial charge in [-0.3, -0.25) is 4.79 Å². The molecule has 112 valence electrons. The largest absolute Gasteiger partial charge is 0.493 e. The molecule has 1 heterocycles. The van der Waals surface area contributed by atoms with E-state index in [4.69, 9.17) is 9.15 Å². The first-order valence-electron chi connectivity index (χ1n) is 6.80. The number of carbonyl (C=O) groups is 1. The van der Waals surface area contributed by atoms with Gasteiger partial charge in [-0.25, -0.2) is 0 Å². The van der Waals surface area contributed by atoms with Crippen LogP contribution in [0.2, 0.25) is 0 Å². The van der Waals surface area contributed by atoms with Crippen molar-refractivity contribution in [2.45, 2.75) is 13.5 Å². The number of furan rings is 1. The van der Waals surface area contributed by atoms with Crippen LogP contribution in [0.15, 0.2) is 47.1 Å². The highest BCUT2D eigenvalue weighted by molar-refractivity contribution is 7.99. The summed E-state index contributed by atoms with van der Waals surface area (Å²) in [4.78, 5) is 11.6. The van der Waals surface area contributed by atoms with Gasteiger partial charge >= 0.3 is 0 Å². The van der Waals surface area contributed by atoms with Gasteiger partial charge in [0.1, 0.15) is 11.5 Å². The lowest BCUT2D eigenvalue weighted by Crippen LogP contribution is -2.24. The Labute approximate surface area is 128 Å². The predicted octanol–water partition coefficient (Wildman–Crippen LogP) is 3.02. The molecule has 0 saturated carbocycles. The second-order valence-electron chi connectivity index (χ2n) is 4.57. The SMILES string of the molecule is Cc1ccc(OCCSCC(=O)NCc2ccco2)cc1. The van der Waals surface area contributed by atoms with Crippen molar-refractivity contribution in [2.75, 3.05) is 18.1 Å². The molecule has 0 atom stereocenters. The molecule has 1 aromatic heterocycles. The quantitative estimate of drug-likeness (QED) is 0.762. The molecular formula is C16H19NO3S. The van der Waals surface area contributed by atoms with E-state index in [9.17, 15) is 4.79 Å². The third kappa shape index (κ3) is 5.95. The Hall–Kier alpha value is -1.88. The molecule has 0 aliphatic carbocycles. The lowest BCUT2D eigenvalue weighted by molar-refractivity contribution is -0.118. The molecule has 0 aliphatic heterocycles. The van der Waals surface area contributed by atoms with Crippen LogP contribution in [-0.4, -0.2) is 24.0 Å². The van der Waals surface area contributed by atoms with Crippen LogP contribution in [0.4, 0.5) is 0 Å². The lowest BCUT2D eigenvalue weighted by Gasteiger charge is -2.06. The Kier molecular flexibility index (Phi) is 6.22. The summed E-state index contributed by atoms with van der Waals surface area (Å²) >= 11 is 1.55. The average molecular weight is 305 g/mol. The highest BCUT2D eigenvalue weighted by Crippen LogP contribution is 2.12. The van der Waals surface area contributed by atoms with Gasteiger partial charge in [0.25, 0.3) is 0 Å². The van der Waals surface area contributed by atoms with E-state index in [1.165, 1.54) is 5.56 Å². The van der Waals surface area contributed by atoms with Gasteiger partial charge in [-0.15, -0.1) is 11.8 Å². The summed E-state index contributed by atoms with van der Waals surface area (Å²) in [6.07, 6.45) is 1.60. The Morgan fingerprint density at radius 1 is 1.29 bits per heavy atom. The van der Waals surface area contributed by atoms with E-state index in [2.05, 4.69) is 5.32 Å². The van der Waals surface area contributed by atoms with Crippen LogP contribution < -0.4 is 10.1 Å². The summed E-state index contributed by atoms with van der Waals surface area (Å²) in [5.41, 5.74) is 1.21. The molecule has 0 spiro atoms. The summed E-state index contributed by atoms with van der Waals surface area (Å²) in [6, 6.07) is 11.6. The van der Waals surface area contributed by atoms with Gasteiger partial charge in [0.15, 0.2) is 0 Å². The van der Waals surface area contributed by atoms with Gasteiger partial charge in [0, 0.05) is 5.75 Å². The molecular weight excluding hydrogens is 286 g/mol. The van der Waals surface area contributed by atoms with Crippen LogP contribution in [0, 0.1) is 6.92 Å². The number of aryl methyl sites for hydroxylation is 1. The van der Waals surface area contributed by atoms with E-state index in [-0.39, 0.29) is 5.91 Å². The van der Waals surface area contributed by atoms with Crippen LogP contribution in [0.3, 0.4) is 0 Å². The second kappa shape index (κ2) is 8.42. The van der Waals surface area contributed by atoms with E-state index < -0.39 is 0 Å². The van der Waals surface area contributed by atoms with Crippen molar-refractivity contribution in [3.63, 3.8) is 0 Å². The van der Waals surface area contributed by atoms with Crippen molar-refractivity contribution in [3.8, 4) is 5.75 Å². The van der Waals surface area contributed by atoms with Gasteiger partial charge in [-0.2, -0.15) is 0 Å². The van der Waals surface area contributed by atoms with Crippen molar-refractivity contribution in [2.24, 2.45) is 0 Å². The molecule has 0 unspecified atom stereocenters. The number of thioether (sulfide) groups is 1. The number of benzene rings is 1. The molecule has 0 saturated heterocycles. The summed E-state index contributed by atoms with van der Waals surface area (Å²) in [7, 11) is 0. The van der Waals surface area contributed by atoms with Crippen molar-refractivity contribution < 1.29 is 13.9 Å². The molecule has 0 aliphatic rings. The standard InChI is InChI=1S/C16H19NO3S/c1-13-4-6-14(7-5-13)20-9-10-21-12-16(18)17-11-15-3-2-8-19-15/h2-8H,9-12H2,1H3,(H,17,18). The lowest BCUT2D eigenvalue weighted by atomic mass is 10.2. The van der Waals surface area contributed by atoms with E-state index in [0.717, 1.165) is 17.3 Å². The van der Waals surface area contributed by atoms with Gasteiger partial charge < -0.3 is 14.5 Å². The minimum absolute atomic E-state index is 0.00624. The zero-order chi connectivity index (χ0) is 14.9. The van der Waals surface area contributed by atoms with Crippen molar-refractivity contribution in [1.29, 1.82) is 0 Å². The van der Waals surface area contributed by atoms with Crippen LogP contribution >= 0.6 is 11.8 Å². The van der Waals surface area contributed by atoms with Crippen molar-refractivity contribution in [3.05, 3.63) is 54.0 Å². The molecule has 0 fully saturated rings. The van der Waals surface area contributed by atoms with Crippen LogP contribution in [0.25, 0.3) is 0 Å². The number of amides is 1.